The first-order valence-electron chi connectivity index (χ1n) is 14.3. The third-order valence-electron chi connectivity index (χ3n) is 7.52. The van der Waals surface area contributed by atoms with Crippen molar-refractivity contribution in [2.24, 2.45) is 0 Å². The van der Waals surface area contributed by atoms with Crippen LogP contribution in [0.25, 0.3) is 0 Å². The van der Waals surface area contributed by atoms with Crippen molar-refractivity contribution in [3.05, 3.63) is 147 Å². The SMILES string of the molecule is O=C(NCc1ccc2c(c1)OCO2)c1csc(CN(CCC(c2ccccc2)c2ccccc2)Cc2ccccc2F)n1. The van der Waals surface area contributed by atoms with E-state index in [1.807, 2.05) is 42.5 Å². The van der Waals surface area contributed by atoms with E-state index in [1.54, 1.807) is 11.4 Å². The summed E-state index contributed by atoms with van der Waals surface area (Å²) in [6.45, 7) is 2.22. The summed E-state index contributed by atoms with van der Waals surface area (Å²) in [6.07, 6.45) is 0.844. The number of aromatic nitrogens is 1. The molecule has 0 spiro atoms. The molecular formula is C35H32FN3O3S. The Morgan fingerprint density at radius 1 is 0.884 bits per heavy atom. The number of benzene rings is 4. The number of nitrogens with one attached hydrogen (secondary N) is 1. The first kappa shape index (κ1) is 28.6. The third kappa shape index (κ3) is 7.28. The summed E-state index contributed by atoms with van der Waals surface area (Å²) < 4.78 is 25.5. The van der Waals surface area contributed by atoms with Crippen molar-refractivity contribution in [3.63, 3.8) is 0 Å². The molecule has 4 aromatic carbocycles. The van der Waals surface area contributed by atoms with Gasteiger partial charge in [-0.05, 0) is 47.9 Å². The van der Waals surface area contributed by atoms with Crippen molar-refractivity contribution in [2.75, 3.05) is 13.3 Å². The quantitative estimate of drug-likeness (QED) is 0.166. The molecule has 1 aromatic heterocycles. The predicted molar refractivity (Wildman–Crippen MR) is 166 cm³/mol. The van der Waals surface area contributed by atoms with Gasteiger partial charge < -0.3 is 14.8 Å². The third-order valence-corrected chi connectivity index (χ3v) is 8.36. The maximum absolute atomic E-state index is 14.7. The summed E-state index contributed by atoms with van der Waals surface area (Å²) in [5.74, 6) is 1.11. The minimum atomic E-state index is -0.242. The normalized spacial score (nSPS) is 12.2. The molecule has 0 saturated heterocycles. The molecular weight excluding hydrogens is 561 g/mol. The van der Waals surface area contributed by atoms with Gasteiger partial charge in [0.05, 0.1) is 6.54 Å². The largest absolute Gasteiger partial charge is 0.454 e. The minimum absolute atomic E-state index is 0.194. The number of amides is 1. The van der Waals surface area contributed by atoms with Crippen LogP contribution in [0.15, 0.2) is 109 Å². The predicted octanol–water partition coefficient (Wildman–Crippen LogP) is 7.17. The molecule has 0 fully saturated rings. The maximum Gasteiger partial charge on any atom is 0.271 e. The summed E-state index contributed by atoms with van der Waals surface area (Å²) in [7, 11) is 0. The van der Waals surface area contributed by atoms with Crippen molar-refractivity contribution < 1.29 is 18.7 Å². The summed E-state index contributed by atoms with van der Waals surface area (Å²) in [5.41, 5.74) is 4.41. The van der Waals surface area contributed by atoms with E-state index in [-0.39, 0.29) is 24.4 Å². The minimum Gasteiger partial charge on any atom is -0.454 e. The zero-order valence-electron chi connectivity index (χ0n) is 23.6. The number of hydrogen-bond acceptors (Lipinski definition) is 6. The van der Waals surface area contributed by atoms with Gasteiger partial charge in [-0.25, -0.2) is 9.37 Å². The molecule has 43 heavy (non-hydrogen) atoms. The standard InChI is InChI=1S/C35H32FN3O3S/c36-30-14-8-7-13-28(30)21-39(18-17-29(26-9-3-1-4-10-26)27-11-5-2-6-12-27)22-34-38-31(23-43-34)35(40)37-20-25-15-16-32-33(19-25)42-24-41-32/h1-16,19,23,29H,17-18,20-22,24H2,(H,37,40). The molecule has 8 heteroatoms. The van der Waals surface area contributed by atoms with Crippen LogP contribution in [-0.2, 0) is 19.6 Å². The molecule has 2 heterocycles. The lowest BCUT2D eigenvalue weighted by Crippen LogP contribution is -2.26. The molecule has 0 atom stereocenters. The van der Waals surface area contributed by atoms with Crippen LogP contribution in [0.2, 0.25) is 0 Å². The summed E-state index contributed by atoms with van der Waals surface area (Å²) in [5, 5.41) is 5.53. The average molecular weight is 594 g/mol. The molecule has 1 N–H and O–H groups in total. The molecule has 218 valence electrons. The van der Waals surface area contributed by atoms with Crippen LogP contribution in [0.3, 0.4) is 0 Å². The molecule has 6 nitrogen and oxygen atoms in total. The molecule has 0 unspecified atom stereocenters. The summed E-state index contributed by atoms with van der Waals surface area (Å²) in [4.78, 5) is 19.8. The zero-order valence-corrected chi connectivity index (χ0v) is 24.4. The van der Waals surface area contributed by atoms with E-state index in [9.17, 15) is 9.18 Å². The molecule has 1 amide bonds. The van der Waals surface area contributed by atoms with Crippen molar-refractivity contribution in [2.45, 2.75) is 32.0 Å². The Morgan fingerprint density at radius 3 is 2.33 bits per heavy atom. The van der Waals surface area contributed by atoms with E-state index < -0.39 is 0 Å². The van der Waals surface area contributed by atoms with Gasteiger partial charge in [0.25, 0.3) is 5.91 Å². The van der Waals surface area contributed by atoms with Crippen molar-refractivity contribution in [1.29, 1.82) is 0 Å². The lowest BCUT2D eigenvalue weighted by molar-refractivity contribution is 0.0946. The van der Waals surface area contributed by atoms with Crippen molar-refractivity contribution in [1.82, 2.24) is 15.2 Å². The fourth-order valence-corrected chi connectivity index (χ4v) is 6.11. The Labute approximate surface area is 254 Å². The van der Waals surface area contributed by atoms with E-state index in [0.717, 1.165) is 17.0 Å². The molecule has 1 aliphatic heterocycles. The molecule has 1 aliphatic rings. The van der Waals surface area contributed by atoms with Gasteiger partial charge >= 0.3 is 0 Å². The Hall–Kier alpha value is -4.53. The second-order valence-electron chi connectivity index (χ2n) is 10.5. The van der Waals surface area contributed by atoms with E-state index >= 15 is 0 Å². The summed E-state index contributed by atoms with van der Waals surface area (Å²) in [6, 6.07) is 33.5. The fraction of sp³-hybridized carbons (Fsp3) is 0.200. The van der Waals surface area contributed by atoms with Crippen LogP contribution in [0.1, 0.15) is 50.1 Å². The zero-order chi connectivity index (χ0) is 29.4. The molecule has 0 bridgehead atoms. The maximum atomic E-state index is 14.7. The van der Waals surface area contributed by atoms with Crippen LogP contribution in [-0.4, -0.2) is 29.1 Å². The van der Waals surface area contributed by atoms with Gasteiger partial charge in [0, 0.05) is 30.0 Å². The van der Waals surface area contributed by atoms with Gasteiger partial charge in [-0.2, -0.15) is 0 Å². The Kier molecular flexibility index (Phi) is 9.06. The van der Waals surface area contributed by atoms with Crippen LogP contribution in [0.5, 0.6) is 11.5 Å². The highest BCUT2D eigenvalue weighted by Gasteiger charge is 2.20. The Bertz CT molecular complexity index is 1620. The molecule has 5 aromatic rings. The highest BCUT2D eigenvalue weighted by atomic mass is 32.1. The first-order chi connectivity index (χ1) is 21.1. The van der Waals surface area contributed by atoms with E-state index in [4.69, 9.17) is 9.47 Å². The average Bonchev–Trinajstić information content (AvgIpc) is 3.72. The van der Waals surface area contributed by atoms with Gasteiger partial charge in [0.15, 0.2) is 11.5 Å². The second-order valence-corrected chi connectivity index (χ2v) is 11.4. The highest BCUT2D eigenvalue weighted by molar-refractivity contribution is 7.09. The van der Waals surface area contributed by atoms with Crippen molar-refractivity contribution in [3.8, 4) is 11.5 Å². The van der Waals surface area contributed by atoms with E-state index in [2.05, 4.69) is 63.7 Å². The number of fused-ring (bicyclic) bond motifs is 1. The van der Waals surface area contributed by atoms with Crippen LogP contribution in [0, 0.1) is 5.82 Å². The monoisotopic (exact) mass is 593 g/mol. The number of nitrogens with zero attached hydrogens (tertiary/aromatic N) is 2. The van der Waals surface area contributed by atoms with Gasteiger partial charge in [-0.15, -0.1) is 11.3 Å². The number of hydrogen-bond donors (Lipinski definition) is 1. The molecule has 0 saturated carbocycles. The van der Waals surface area contributed by atoms with E-state index in [0.29, 0.717) is 48.9 Å². The fourth-order valence-electron chi connectivity index (χ4n) is 5.29. The van der Waals surface area contributed by atoms with Crippen LogP contribution < -0.4 is 14.8 Å². The van der Waals surface area contributed by atoms with Crippen molar-refractivity contribution >= 4 is 17.2 Å². The molecule has 0 aliphatic carbocycles. The number of ether oxygens (including phenoxy) is 2. The Balaban J connectivity index is 1.15. The second kappa shape index (κ2) is 13.6. The number of carbonyl (C=O) groups excluding carboxylic acids is 1. The molecule has 0 radical (unpaired) electrons. The number of thiazole rings is 1. The topological polar surface area (TPSA) is 63.7 Å². The van der Waals surface area contributed by atoms with Crippen LogP contribution in [0.4, 0.5) is 4.39 Å². The number of rotatable bonds is 12. The van der Waals surface area contributed by atoms with Gasteiger partial charge in [0.1, 0.15) is 16.5 Å². The number of carbonyl (C=O) groups is 1. The van der Waals surface area contributed by atoms with Gasteiger partial charge in [-0.1, -0.05) is 84.9 Å². The van der Waals surface area contributed by atoms with E-state index in [1.165, 1.54) is 28.5 Å². The first-order valence-corrected chi connectivity index (χ1v) is 15.2. The van der Waals surface area contributed by atoms with Gasteiger partial charge in [0.2, 0.25) is 6.79 Å². The Morgan fingerprint density at radius 2 is 1.58 bits per heavy atom. The smallest absolute Gasteiger partial charge is 0.271 e. The molecule has 6 rings (SSSR count). The highest BCUT2D eigenvalue weighted by Crippen LogP contribution is 2.32. The lowest BCUT2D eigenvalue weighted by Gasteiger charge is -2.25. The number of halogens is 1. The van der Waals surface area contributed by atoms with Gasteiger partial charge in [-0.3, -0.25) is 9.69 Å². The lowest BCUT2D eigenvalue weighted by atomic mass is 9.88. The summed E-state index contributed by atoms with van der Waals surface area (Å²) >= 11 is 1.44. The van der Waals surface area contributed by atoms with Crippen LogP contribution >= 0.6 is 11.3 Å².